The molecule has 29 heavy (non-hydrogen) atoms. The molecule has 2 N–H and O–H groups in total. The molecule has 0 saturated heterocycles. The van der Waals surface area contributed by atoms with Crippen LogP contribution in [-0.2, 0) is 17.8 Å². The van der Waals surface area contributed by atoms with Crippen molar-refractivity contribution in [3.8, 4) is 0 Å². The van der Waals surface area contributed by atoms with Crippen molar-refractivity contribution in [2.75, 3.05) is 6.54 Å². The molecule has 0 radical (unpaired) electrons. The summed E-state index contributed by atoms with van der Waals surface area (Å²) in [6.45, 7) is 5.13. The van der Waals surface area contributed by atoms with Crippen molar-refractivity contribution >= 4 is 38.6 Å². The topological polar surface area (TPSA) is 65.2 Å². The minimum absolute atomic E-state index is 0.0155. The van der Waals surface area contributed by atoms with Gasteiger partial charge in [-0.2, -0.15) is 0 Å². The summed E-state index contributed by atoms with van der Waals surface area (Å²) in [7, 11) is 0. The molecule has 1 aromatic heterocycles. The molecule has 6 heteroatoms. The quantitative estimate of drug-likeness (QED) is 0.619. The maximum absolute atomic E-state index is 13.3. The van der Waals surface area contributed by atoms with Gasteiger partial charge in [0.2, 0.25) is 5.91 Å². The molecule has 1 atom stereocenters. The number of carbonyl (C=O) groups excluding carboxylic acids is 2. The molecule has 3 aromatic rings. The molecule has 0 saturated carbocycles. The lowest BCUT2D eigenvalue weighted by Crippen LogP contribution is -2.52. The molecular weight excluding hydrogens is 430 g/mol. The van der Waals surface area contributed by atoms with Crippen LogP contribution in [0.2, 0.25) is 0 Å². The number of benzene rings is 2. The Balaban J connectivity index is 1.55. The predicted octanol–water partition coefficient (Wildman–Crippen LogP) is 4.27. The van der Waals surface area contributed by atoms with Crippen molar-refractivity contribution in [2.45, 2.75) is 32.9 Å². The lowest BCUT2D eigenvalue weighted by molar-refractivity contribution is -0.135. The average Bonchev–Trinajstić information content (AvgIpc) is 3.09. The highest BCUT2D eigenvalue weighted by atomic mass is 79.9. The van der Waals surface area contributed by atoms with Gasteiger partial charge >= 0.3 is 0 Å². The second-order valence-corrected chi connectivity index (χ2v) is 8.67. The van der Waals surface area contributed by atoms with E-state index in [1.165, 1.54) is 16.6 Å². The van der Waals surface area contributed by atoms with Crippen LogP contribution in [-0.4, -0.2) is 34.3 Å². The van der Waals surface area contributed by atoms with E-state index in [2.05, 4.69) is 38.4 Å². The van der Waals surface area contributed by atoms with Gasteiger partial charge in [-0.05, 0) is 40.0 Å². The molecule has 2 aromatic carbocycles. The number of H-pyrrole nitrogens is 1. The van der Waals surface area contributed by atoms with Crippen LogP contribution < -0.4 is 5.32 Å². The molecule has 1 aliphatic rings. The third-order valence-electron chi connectivity index (χ3n) is 5.53. The van der Waals surface area contributed by atoms with Crippen molar-refractivity contribution in [1.82, 2.24) is 15.2 Å². The predicted molar refractivity (Wildman–Crippen MR) is 118 cm³/mol. The molecule has 150 valence electrons. The fourth-order valence-electron chi connectivity index (χ4n) is 3.93. The average molecular weight is 454 g/mol. The molecule has 0 spiro atoms. The number of para-hydroxylation sites is 1. The van der Waals surface area contributed by atoms with Gasteiger partial charge in [0.15, 0.2) is 0 Å². The third kappa shape index (κ3) is 3.81. The number of nitrogens with one attached hydrogen (secondary N) is 2. The SMILES string of the molecule is CC(C)[C@H](NC(=O)c1ccccc1Br)C(=O)N1CCc2[nH]c3ccccc3c2C1. The Morgan fingerprint density at radius 3 is 2.59 bits per heavy atom. The van der Waals surface area contributed by atoms with E-state index in [0.717, 1.165) is 11.9 Å². The van der Waals surface area contributed by atoms with Gasteiger partial charge in [-0.25, -0.2) is 0 Å². The molecule has 4 rings (SSSR count). The summed E-state index contributed by atoms with van der Waals surface area (Å²) in [5.41, 5.74) is 4.02. The van der Waals surface area contributed by atoms with E-state index in [1.807, 2.05) is 49.1 Å². The van der Waals surface area contributed by atoms with E-state index in [0.29, 0.717) is 23.1 Å². The molecule has 0 fully saturated rings. The van der Waals surface area contributed by atoms with Gasteiger partial charge < -0.3 is 15.2 Å². The zero-order chi connectivity index (χ0) is 20.5. The maximum Gasteiger partial charge on any atom is 0.253 e. The second kappa shape index (κ2) is 8.03. The standard InChI is InChI=1S/C23H24BrN3O2/c1-14(2)21(26-22(28)16-8-3-5-9-18(16)24)23(29)27-12-11-20-17(13-27)15-7-4-6-10-19(15)25-20/h3-10,14,21,25H,11-13H2,1-2H3,(H,26,28)/t21-/m0/s1. The van der Waals surface area contributed by atoms with E-state index >= 15 is 0 Å². The van der Waals surface area contributed by atoms with Crippen LogP contribution in [0.4, 0.5) is 0 Å². The van der Waals surface area contributed by atoms with Crippen LogP contribution in [0.15, 0.2) is 53.0 Å². The summed E-state index contributed by atoms with van der Waals surface area (Å²) >= 11 is 3.41. The fourth-order valence-corrected chi connectivity index (χ4v) is 4.39. The summed E-state index contributed by atoms with van der Waals surface area (Å²) in [5, 5.41) is 4.12. The van der Waals surface area contributed by atoms with Gasteiger partial charge in [-0.15, -0.1) is 0 Å². The van der Waals surface area contributed by atoms with Gasteiger partial charge in [0.25, 0.3) is 5.91 Å². The number of amides is 2. The van der Waals surface area contributed by atoms with Gasteiger partial charge in [-0.1, -0.05) is 44.2 Å². The number of hydrogen-bond acceptors (Lipinski definition) is 2. The van der Waals surface area contributed by atoms with Crippen molar-refractivity contribution < 1.29 is 9.59 Å². The summed E-state index contributed by atoms with van der Waals surface area (Å²) in [6, 6.07) is 14.9. The highest BCUT2D eigenvalue weighted by Crippen LogP contribution is 2.28. The molecule has 0 bridgehead atoms. The lowest BCUT2D eigenvalue weighted by atomic mass is 9.99. The largest absolute Gasteiger partial charge is 0.358 e. The molecule has 0 aliphatic carbocycles. The first kappa shape index (κ1) is 19.7. The number of nitrogens with zero attached hydrogens (tertiary/aromatic N) is 1. The zero-order valence-corrected chi connectivity index (χ0v) is 18.1. The number of fused-ring (bicyclic) bond motifs is 3. The Hall–Kier alpha value is -2.60. The maximum atomic E-state index is 13.3. The first-order chi connectivity index (χ1) is 14.0. The van der Waals surface area contributed by atoms with Crippen LogP contribution >= 0.6 is 15.9 Å². The van der Waals surface area contributed by atoms with Gasteiger partial charge in [0, 0.05) is 46.1 Å². The number of hydrogen-bond donors (Lipinski definition) is 2. The summed E-state index contributed by atoms with van der Waals surface area (Å²) < 4.78 is 0.717. The molecule has 2 heterocycles. The number of rotatable bonds is 4. The number of carbonyl (C=O) groups is 2. The number of aromatic amines is 1. The number of aromatic nitrogens is 1. The Kier molecular flexibility index (Phi) is 5.46. The highest BCUT2D eigenvalue weighted by Gasteiger charge is 2.32. The normalized spacial score (nSPS) is 14.7. The van der Waals surface area contributed by atoms with Crippen LogP contribution in [0, 0.1) is 5.92 Å². The van der Waals surface area contributed by atoms with Crippen LogP contribution in [0.3, 0.4) is 0 Å². The lowest BCUT2D eigenvalue weighted by Gasteiger charge is -2.32. The first-order valence-electron chi connectivity index (χ1n) is 9.88. The molecule has 1 aliphatic heterocycles. The minimum atomic E-state index is -0.568. The van der Waals surface area contributed by atoms with Gasteiger partial charge in [0.1, 0.15) is 6.04 Å². The van der Waals surface area contributed by atoms with Crippen LogP contribution in [0.25, 0.3) is 10.9 Å². The highest BCUT2D eigenvalue weighted by molar-refractivity contribution is 9.10. The smallest absolute Gasteiger partial charge is 0.253 e. The Labute approximate surface area is 178 Å². The zero-order valence-electron chi connectivity index (χ0n) is 16.5. The van der Waals surface area contributed by atoms with E-state index in [9.17, 15) is 9.59 Å². The van der Waals surface area contributed by atoms with Crippen molar-refractivity contribution in [1.29, 1.82) is 0 Å². The van der Waals surface area contributed by atoms with Crippen molar-refractivity contribution in [3.05, 3.63) is 69.8 Å². The fraction of sp³-hybridized carbons (Fsp3) is 0.304. The first-order valence-corrected chi connectivity index (χ1v) is 10.7. The minimum Gasteiger partial charge on any atom is -0.358 e. The Bertz CT molecular complexity index is 1070. The summed E-state index contributed by atoms with van der Waals surface area (Å²) in [6.07, 6.45) is 0.790. The van der Waals surface area contributed by atoms with E-state index < -0.39 is 6.04 Å². The van der Waals surface area contributed by atoms with Crippen LogP contribution in [0.1, 0.15) is 35.5 Å². The summed E-state index contributed by atoms with van der Waals surface area (Å²) in [5.74, 6) is -0.288. The third-order valence-corrected chi connectivity index (χ3v) is 6.22. The van der Waals surface area contributed by atoms with E-state index in [-0.39, 0.29) is 17.7 Å². The molecule has 5 nitrogen and oxygen atoms in total. The molecule has 2 amide bonds. The van der Waals surface area contributed by atoms with Crippen molar-refractivity contribution in [3.63, 3.8) is 0 Å². The number of halogens is 1. The Morgan fingerprint density at radius 1 is 1.10 bits per heavy atom. The second-order valence-electron chi connectivity index (χ2n) is 7.81. The Morgan fingerprint density at radius 2 is 1.83 bits per heavy atom. The molecular formula is C23H24BrN3O2. The monoisotopic (exact) mass is 453 g/mol. The van der Waals surface area contributed by atoms with E-state index in [4.69, 9.17) is 0 Å². The van der Waals surface area contributed by atoms with Crippen molar-refractivity contribution in [2.24, 2.45) is 5.92 Å². The van der Waals surface area contributed by atoms with Gasteiger partial charge in [0.05, 0.1) is 5.56 Å². The van der Waals surface area contributed by atoms with E-state index in [1.54, 1.807) is 6.07 Å². The molecule has 0 unspecified atom stereocenters. The summed E-state index contributed by atoms with van der Waals surface area (Å²) in [4.78, 5) is 31.5. The van der Waals surface area contributed by atoms with Gasteiger partial charge in [-0.3, -0.25) is 9.59 Å². The van der Waals surface area contributed by atoms with Crippen LogP contribution in [0.5, 0.6) is 0 Å².